The van der Waals surface area contributed by atoms with Crippen molar-refractivity contribution in [2.24, 2.45) is 0 Å². The number of carbonyl (C=O) groups is 1. The number of nitrogens with zero attached hydrogens (tertiary/aromatic N) is 2. The zero-order chi connectivity index (χ0) is 14.0. The van der Waals surface area contributed by atoms with Gasteiger partial charge >= 0.3 is 0 Å². The van der Waals surface area contributed by atoms with Gasteiger partial charge in [-0.05, 0) is 52.8 Å². The Hall–Kier alpha value is -1.29. The fraction of sp³-hybridized carbons (Fsp3) is 0.667. The maximum Gasteiger partial charge on any atom is 0.255 e. The molecule has 0 radical (unpaired) electrons. The van der Waals surface area contributed by atoms with Crippen molar-refractivity contribution in [2.75, 3.05) is 20.1 Å². The van der Waals surface area contributed by atoms with Gasteiger partial charge in [-0.3, -0.25) is 4.79 Å². The van der Waals surface area contributed by atoms with Crippen LogP contribution in [-0.4, -0.2) is 41.6 Å². The van der Waals surface area contributed by atoms with E-state index in [1.54, 1.807) is 0 Å². The lowest BCUT2D eigenvalue weighted by atomic mass is 10.0. The van der Waals surface area contributed by atoms with Crippen molar-refractivity contribution in [2.45, 2.75) is 46.2 Å². The monoisotopic (exact) mass is 263 g/mol. The Morgan fingerprint density at radius 3 is 2.58 bits per heavy atom. The molecule has 1 amide bonds. The molecule has 1 fully saturated rings. The minimum absolute atomic E-state index is 0.166. The predicted molar refractivity (Wildman–Crippen MR) is 77.6 cm³/mol. The van der Waals surface area contributed by atoms with E-state index < -0.39 is 0 Å². The molecule has 2 rings (SSSR count). The second-order valence-corrected chi connectivity index (χ2v) is 5.43. The minimum Gasteiger partial charge on any atom is -0.349 e. The molecule has 1 aromatic rings. The molecule has 4 nitrogen and oxygen atoms in total. The zero-order valence-electron chi connectivity index (χ0n) is 12.5. The van der Waals surface area contributed by atoms with Crippen LogP contribution in [0.25, 0.3) is 0 Å². The van der Waals surface area contributed by atoms with E-state index in [1.165, 1.54) is 5.69 Å². The third-order valence-corrected chi connectivity index (χ3v) is 4.30. The Balaban J connectivity index is 2.19. The van der Waals surface area contributed by atoms with Crippen LogP contribution in [0.1, 0.15) is 41.5 Å². The second kappa shape index (κ2) is 5.78. The third kappa shape index (κ3) is 2.68. The molecule has 0 saturated carbocycles. The van der Waals surface area contributed by atoms with Gasteiger partial charge in [0.15, 0.2) is 0 Å². The first-order chi connectivity index (χ1) is 9.06. The summed E-state index contributed by atoms with van der Waals surface area (Å²) in [6.45, 7) is 9.16. The maximum atomic E-state index is 12.6. The molecule has 0 atom stereocenters. The smallest absolute Gasteiger partial charge is 0.255 e. The Kier molecular flexibility index (Phi) is 4.30. The Bertz CT molecular complexity index is 458. The first kappa shape index (κ1) is 14.1. The molecular weight excluding hydrogens is 238 g/mol. The van der Waals surface area contributed by atoms with Crippen molar-refractivity contribution in [1.29, 1.82) is 0 Å². The SMILES string of the molecule is CCn1c(C)cc(C(=O)N(C)C2CCNCC2)c1C. The van der Waals surface area contributed by atoms with Gasteiger partial charge in [0.25, 0.3) is 5.91 Å². The number of rotatable bonds is 3. The summed E-state index contributed by atoms with van der Waals surface area (Å²) in [4.78, 5) is 14.6. The summed E-state index contributed by atoms with van der Waals surface area (Å²) >= 11 is 0. The first-order valence-electron chi connectivity index (χ1n) is 7.20. The highest BCUT2D eigenvalue weighted by Gasteiger charge is 2.25. The molecule has 1 N–H and O–H groups in total. The van der Waals surface area contributed by atoms with Gasteiger partial charge in [-0.15, -0.1) is 0 Å². The summed E-state index contributed by atoms with van der Waals surface area (Å²) in [5.41, 5.74) is 3.12. The van der Waals surface area contributed by atoms with Gasteiger partial charge in [-0.25, -0.2) is 0 Å². The summed E-state index contributed by atoms with van der Waals surface area (Å²) in [6.07, 6.45) is 2.10. The fourth-order valence-electron chi connectivity index (χ4n) is 3.05. The summed E-state index contributed by atoms with van der Waals surface area (Å²) in [5, 5.41) is 3.34. The van der Waals surface area contributed by atoms with Crippen molar-refractivity contribution in [3.8, 4) is 0 Å². The van der Waals surface area contributed by atoms with Crippen LogP contribution in [0, 0.1) is 13.8 Å². The molecule has 0 spiro atoms. The molecule has 1 saturated heterocycles. The van der Waals surface area contributed by atoms with Crippen LogP contribution in [-0.2, 0) is 6.54 Å². The number of nitrogens with one attached hydrogen (secondary N) is 1. The number of amides is 1. The van der Waals surface area contributed by atoms with Crippen molar-refractivity contribution in [3.05, 3.63) is 23.0 Å². The van der Waals surface area contributed by atoms with E-state index in [2.05, 4.69) is 23.7 Å². The van der Waals surface area contributed by atoms with Gasteiger partial charge in [-0.1, -0.05) is 0 Å². The summed E-state index contributed by atoms with van der Waals surface area (Å²) in [5.74, 6) is 0.166. The molecule has 0 bridgehead atoms. The highest BCUT2D eigenvalue weighted by Crippen LogP contribution is 2.19. The number of hydrogen-bond acceptors (Lipinski definition) is 2. The van der Waals surface area contributed by atoms with Crippen LogP contribution in [0.2, 0.25) is 0 Å². The molecule has 0 aliphatic carbocycles. The van der Waals surface area contributed by atoms with Gasteiger partial charge in [-0.2, -0.15) is 0 Å². The van der Waals surface area contributed by atoms with E-state index in [0.29, 0.717) is 6.04 Å². The lowest BCUT2D eigenvalue weighted by Crippen LogP contribution is -2.44. The average Bonchev–Trinajstić information content (AvgIpc) is 2.72. The number of hydrogen-bond donors (Lipinski definition) is 1. The largest absolute Gasteiger partial charge is 0.349 e. The van der Waals surface area contributed by atoms with E-state index >= 15 is 0 Å². The Morgan fingerprint density at radius 1 is 1.42 bits per heavy atom. The van der Waals surface area contributed by atoms with E-state index in [1.807, 2.05) is 24.9 Å². The highest BCUT2D eigenvalue weighted by atomic mass is 16.2. The molecule has 0 unspecified atom stereocenters. The van der Waals surface area contributed by atoms with Crippen molar-refractivity contribution < 1.29 is 4.79 Å². The molecule has 4 heteroatoms. The minimum atomic E-state index is 0.166. The summed E-state index contributed by atoms with van der Waals surface area (Å²) in [7, 11) is 1.94. The van der Waals surface area contributed by atoms with Crippen molar-refractivity contribution in [3.63, 3.8) is 0 Å². The van der Waals surface area contributed by atoms with Crippen molar-refractivity contribution >= 4 is 5.91 Å². The molecule has 106 valence electrons. The van der Waals surface area contributed by atoms with Crippen molar-refractivity contribution in [1.82, 2.24) is 14.8 Å². The Morgan fingerprint density at radius 2 is 2.05 bits per heavy atom. The molecule has 2 heterocycles. The zero-order valence-corrected chi connectivity index (χ0v) is 12.5. The molecule has 1 aromatic heterocycles. The molecule has 1 aliphatic rings. The quantitative estimate of drug-likeness (QED) is 0.905. The predicted octanol–water partition coefficient (Wildman–Crippen LogP) is 1.95. The van der Waals surface area contributed by atoms with E-state index in [-0.39, 0.29) is 5.91 Å². The normalized spacial score (nSPS) is 16.6. The van der Waals surface area contributed by atoms with Crippen LogP contribution < -0.4 is 5.32 Å². The third-order valence-electron chi connectivity index (χ3n) is 4.30. The van der Waals surface area contributed by atoms with E-state index in [9.17, 15) is 4.79 Å². The van der Waals surface area contributed by atoms with E-state index in [4.69, 9.17) is 0 Å². The van der Waals surface area contributed by atoms with Gasteiger partial charge in [0, 0.05) is 31.0 Å². The molecular formula is C15H25N3O. The molecule has 1 aliphatic heterocycles. The number of aromatic nitrogens is 1. The van der Waals surface area contributed by atoms with Gasteiger partial charge < -0.3 is 14.8 Å². The topological polar surface area (TPSA) is 37.3 Å². The average molecular weight is 263 g/mol. The van der Waals surface area contributed by atoms with Crippen LogP contribution in [0.4, 0.5) is 0 Å². The molecule has 19 heavy (non-hydrogen) atoms. The lowest BCUT2D eigenvalue weighted by Gasteiger charge is -2.31. The van der Waals surface area contributed by atoms with E-state index in [0.717, 1.165) is 43.7 Å². The number of aryl methyl sites for hydroxylation is 1. The summed E-state index contributed by atoms with van der Waals surface area (Å²) < 4.78 is 2.20. The van der Waals surface area contributed by atoms with Crippen LogP contribution in [0.3, 0.4) is 0 Å². The second-order valence-electron chi connectivity index (χ2n) is 5.43. The van der Waals surface area contributed by atoms with Crippen LogP contribution >= 0.6 is 0 Å². The standard InChI is InChI=1S/C15H25N3O/c1-5-18-11(2)10-14(12(18)3)15(19)17(4)13-6-8-16-9-7-13/h10,13,16H,5-9H2,1-4H3. The van der Waals surface area contributed by atoms with Crippen LogP contribution in [0.15, 0.2) is 6.07 Å². The summed E-state index contributed by atoms with van der Waals surface area (Å²) in [6, 6.07) is 2.40. The first-order valence-corrected chi connectivity index (χ1v) is 7.20. The fourth-order valence-corrected chi connectivity index (χ4v) is 3.05. The van der Waals surface area contributed by atoms with Gasteiger partial charge in [0.05, 0.1) is 5.56 Å². The molecule has 0 aromatic carbocycles. The van der Waals surface area contributed by atoms with Gasteiger partial charge in [0.1, 0.15) is 0 Å². The number of piperidine rings is 1. The Labute approximate surface area is 115 Å². The van der Waals surface area contributed by atoms with Crippen LogP contribution in [0.5, 0.6) is 0 Å². The number of carbonyl (C=O) groups excluding carboxylic acids is 1. The highest BCUT2D eigenvalue weighted by molar-refractivity contribution is 5.95. The lowest BCUT2D eigenvalue weighted by molar-refractivity contribution is 0.0702. The maximum absolute atomic E-state index is 12.6. The van der Waals surface area contributed by atoms with Gasteiger partial charge in [0.2, 0.25) is 0 Å².